The molecule has 4 rings (SSSR count). The van der Waals surface area contributed by atoms with Crippen molar-refractivity contribution in [2.24, 2.45) is 0 Å². The second-order valence-electron chi connectivity index (χ2n) is 8.18. The molecular formula is C22H23Br2NO2Si. The summed E-state index contributed by atoms with van der Waals surface area (Å²) in [6.45, 7) is 6.38. The second kappa shape index (κ2) is 8.23. The Labute approximate surface area is 184 Å². The molecule has 0 aromatic heterocycles. The molecule has 0 spiro atoms. The van der Waals surface area contributed by atoms with E-state index in [-0.39, 0.29) is 5.78 Å². The zero-order valence-electron chi connectivity index (χ0n) is 16.3. The first-order valence-electron chi connectivity index (χ1n) is 9.35. The maximum atomic E-state index is 11.2. The fourth-order valence-corrected chi connectivity index (χ4v) is 5.92. The first-order valence-corrected chi connectivity index (χ1v) is 14.3. The molecule has 2 aliphatic carbocycles. The van der Waals surface area contributed by atoms with Gasteiger partial charge in [-0.1, -0.05) is 44.0 Å². The number of rotatable bonds is 2. The van der Waals surface area contributed by atoms with E-state index in [0.29, 0.717) is 6.42 Å². The van der Waals surface area contributed by atoms with E-state index in [1.54, 1.807) is 0 Å². The zero-order chi connectivity index (χ0) is 20.5. The van der Waals surface area contributed by atoms with Gasteiger partial charge < -0.3 is 4.43 Å². The number of hydrogen-bond donors (Lipinski definition) is 0. The van der Waals surface area contributed by atoms with Crippen LogP contribution in [0.15, 0.2) is 45.3 Å². The molecule has 28 heavy (non-hydrogen) atoms. The highest BCUT2D eigenvalue weighted by molar-refractivity contribution is 9.10. The van der Waals surface area contributed by atoms with Crippen LogP contribution in [0.2, 0.25) is 19.6 Å². The van der Waals surface area contributed by atoms with Crippen molar-refractivity contribution in [3.63, 3.8) is 0 Å². The van der Waals surface area contributed by atoms with Gasteiger partial charge in [-0.2, -0.15) is 5.26 Å². The van der Waals surface area contributed by atoms with Crippen LogP contribution in [-0.4, -0.2) is 14.1 Å². The highest BCUT2D eigenvalue weighted by Crippen LogP contribution is 2.42. The van der Waals surface area contributed by atoms with E-state index in [4.69, 9.17) is 4.43 Å². The maximum absolute atomic E-state index is 11.2. The van der Waals surface area contributed by atoms with Crippen LogP contribution in [-0.2, 0) is 22.9 Å². The Morgan fingerprint density at radius 3 is 2.29 bits per heavy atom. The van der Waals surface area contributed by atoms with E-state index in [9.17, 15) is 10.1 Å². The monoisotopic (exact) mass is 519 g/mol. The number of hydrogen-bond acceptors (Lipinski definition) is 3. The van der Waals surface area contributed by atoms with Gasteiger partial charge in [-0.15, -0.1) is 0 Å². The van der Waals surface area contributed by atoms with Crippen molar-refractivity contribution in [1.29, 1.82) is 5.26 Å². The van der Waals surface area contributed by atoms with Crippen LogP contribution >= 0.6 is 31.9 Å². The number of nitriles is 1. The lowest BCUT2D eigenvalue weighted by molar-refractivity contribution is 0.0994. The fraction of sp³-hybridized carbons (Fsp3) is 0.364. The van der Waals surface area contributed by atoms with E-state index in [2.05, 4.69) is 63.6 Å². The largest absolute Gasteiger partial charge is 0.396 e. The molecule has 0 aliphatic heterocycles. The lowest BCUT2D eigenvalue weighted by atomic mass is 9.98. The van der Waals surface area contributed by atoms with Crippen LogP contribution in [0.1, 0.15) is 39.9 Å². The van der Waals surface area contributed by atoms with Crippen molar-refractivity contribution < 1.29 is 9.22 Å². The van der Waals surface area contributed by atoms with Gasteiger partial charge in [0.1, 0.15) is 6.07 Å². The van der Waals surface area contributed by atoms with Crippen LogP contribution in [0.25, 0.3) is 0 Å². The SMILES string of the molecule is C[Si](C)(C)OC1(C#N)CCc2cc(Br)ccc21.O=C1CCc2cc(Br)ccc21. The average Bonchev–Trinajstić information content (AvgIpc) is 3.15. The molecule has 1 atom stereocenters. The van der Waals surface area contributed by atoms with E-state index in [0.717, 1.165) is 39.3 Å². The van der Waals surface area contributed by atoms with Crippen LogP contribution < -0.4 is 0 Å². The molecule has 0 heterocycles. The zero-order valence-corrected chi connectivity index (χ0v) is 20.5. The van der Waals surface area contributed by atoms with Crippen molar-refractivity contribution in [3.05, 3.63) is 67.6 Å². The quantitative estimate of drug-likeness (QED) is 0.422. The van der Waals surface area contributed by atoms with Gasteiger partial charge in [0.2, 0.25) is 0 Å². The molecule has 0 fully saturated rings. The summed E-state index contributed by atoms with van der Waals surface area (Å²) >= 11 is 6.84. The Balaban J connectivity index is 0.000000176. The number of halogens is 2. The Morgan fingerprint density at radius 2 is 1.64 bits per heavy atom. The third-order valence-corrected chi connectivity index (χ3v) is 6.85. The molecule has 0 bridgehead atoms. The lowest BCUT2D eigenvalue weighted by Gasteiger charge is -2.31. The standard InChI is InChI=1S/C13H16BrNOSi.C9H7BrO/c1-17(2,3)16-13(9-15)7-6-10-8-11(14)4-5-12(10)13;10-7-2-3-8-6(5-7)1-4-9(8)11/h4-5,8H,6-7H2,1-3H3;2-3,5H,1,4H2. The molecule has 2 aromatic carbocycles. The van der Waals surface area contributed by atoms with Gasteiger partial charge in [0.25, 0.3) is 0 Å². The van der Waals surface area contributed by atoms with E-state index in [1.807, 2.05) is 30.3 Å². The number of ketones is 1. The third-order valence-electron chi connectivity index (χ3n) is 4.90. The molecule has 0 amide bonds. The summed E-state index contributed by atoms with van der Waals surface area (Å²) in [6, 6.07) is 14.4. The predicted molar refractivity (Wildman–Crippen MR) is 121 cm³/mol. The molecule has 3 nitrogen and oxygen atoms in total. The number of carbonyl (C=O) groups excluding carboxylic acids is 1. The van der Waals surface area contributed by atoms with E-state index >= 15 is 0 Å². The van der Waals surface area contributed by atoms with Crippen LogP contribution in [0, 0.1) is 11.3 Å². The Kier molecular flexibility index (Phi) is 6.31. The smallest absolute Gasteiger partial charge is 0.186 e. The van der Waals surface area contributed by atoms with Gasteiger partial charge in [0.15, 0.2) is 19.7 Å². The van der Waals surface area contributed by atoms with E-state index < -0.39 is 13.9 Å². The Hall–Kier alpha value is -1.26. The summed E-state index contributed by atoms with van der Waals surface area (Å²) in [5.74, 6) is 0.285. The molecule has 0 radical (unpaired) electrons. The molecule has 2 aliphatic rings. The van der Waals surface area contributed by atoms with Gasteiger partial charge >= 0.3 is 0 Å². The van der Waals surface area contributed by atoms with Crippen molar-refractivity contribution in [3.8, 4) is 6.07 Å². The number of benzene rings is 2. The molecule has 2 aromatic rings. The van der Waals surface area contributed by atoms with Crippen molar-refractivity contribution in [2.45, 2.75) is 50.9 Å². The molecule has 0 saturated heterocycles. The highest BCUT2D eigenvalue weighted by Gasteiger charge is 2.43. The van der Waals surface area contributed by atoms with Gasteiger partial charge in [0, 0.05) is 26.5 Å². The topological polar surface area (TPSA) is 50.1 Å². The van der Waals surface area contributed by atoms with Crippen LogP contribution in [0.4, 0.5) is 0 Å². The molecule has 1 unspecified atom stereocenters. The first-order chi connectivity index (χ1) is 13.1. The van der Waals surface area contributed by atoms with Gasteiger partial charge in [-0.05, 0) is 74.3 Å². The minimum absolute atomic E-state index is 0.285. The number of Topliss-reactive ketones (excluding diaryl/α,β-unsaturated/α-hetero) is 1. The minimum Gasteiger partial charge on any atom is -0.396 e. The van der Waals surface area contributed by atoms with Gasteiger partial charge in [0.05, 0.1) is 0 Å². The summed E-state index contributed by atoms with van der Waals surface area (Å²) in [4.78, 5) is 11.2. The summed E-state index contributed by atoms with van der Waals surface area (Å²) in [6.07, 6.45) is 3.30. The maximum Gasteiger partial charge on any atom is 0.186 e. The second-order valence-corrected chi connectivity index (χ2v) is 14.4. The van der Waals surface area contributed by atoms with Crippen molar-refractivity contribution in [1.82, 2.24) is 0 Å². The third kappa shape index (κ3) is 4.65. The van der Waals surface area contributed by atoms with Gasteiger partial charge in [-0.3, -0.25) is 4.79 Å². The molecule has 0 N–H and O–H groups in total. The molecule has 146 valence electrons. The van der Waals surface area contributed by atoms with E-state index in [1.165, 1.54) is 11.1 Å². The number of fused-ring (bicyclic) bond motifs is 2. The number of nitrogens with zero attached hydrogens (tertiary/aromatic N) is 1. The van der Waals surface area contributed by atoms with Crippen LogP contribution in [0.3, 0.4) is 0 Å². The Morgan fingerprint density at radius 1 is 1.00 bits per heavy atom. The normalized spacial score (nSPS) is 20.1. The number of carbonyl (C=O) groups is 1. The first kappa shape index (κ1) is 21.4. The summed E-state index contributed by atoms with van der Waals surface area (Å²) in [7, 11) is -1.73. The highest BCUT2D eigenvalue weighted by atomic mass is 79.9. The summed E-state index contributed by atoms with van der Waals surface area (Å²) in [5, 5.41) is 9.53. The Bertz CT molecular complexity index is 962. The van der Waals surface area contributed by atoms with Crippen LogP contribution in [0.5, 0.6) is 0 Å². The van der Waals surface area contributed by atoms with Gasteiger partial charge in [-0.25, -0.2) is 0 Å². The number of aryl methyl sites for hydroxylation is 2. The summed E-state index contributed by atoms with van der Waals surface area (Å²) in [5.41, 5.74) is 3.68. The van der Waals surface area contributed by atoms with Crippen molar-refractivity contribution in [2.75, 3.05) is 0 Å². The minimum atomic E-state index is -1.73. The summed E-state index contributed by atoms with van der Waals surface area (Å²) < 4.78 is 8.29. The molecule has 6 heteroatoms. The predicted octanol–water partition coefficient (Wildman–Crippen LogP) is 6.54. The average molecular weight is 521 g/mol. The lowest BCUT2D eigenvalue weighted by Crippen LogP contribution is -2.38. The molecule has 0 saturated carbocycles. The fourth-order valence-electron chi connectivity index (χ4n) is 3.80. The van der Waals surface area contributed by atoms with Crippen molar-refractivity contribution >= 4 is 46.0 Å². The molecular weight excluding hydrogens is 498 g/mol.